The fourth-order valence-electron chi connectivity index (χ4n) is 1.82. The standard InChI is InChI=1S/C12H24N2O/c1-15-11-10-14-9-8-13-7-6-12-4-2-3-5-12/h2,4,12-14H,3,5-11H2,1H3. The normalized spacial score (nSPS) is 19.9. The Kier molecular flexibility index (Phi) is 7.52. The molecule has 0 amide bonds. The van der Waals surface area contributed by atoms with E-state index in [4.69, 9.17) is 4.74 Å². The predicted octanol–water partition coefficient (Wildman–Crippen LogP) is 1.17. The fourth-order valence-corrected chi connectivity index (χ4v) is 1.82. The molecule has 0 heterocycles. The molecule has 0 spiro atoms. The molecule has 0 bridgehead atoms. The molecule has 88 valence electrons. The third-order valence-electron chi connectivity index (χ3n) is 2.77. The molecule has 0 aromatic carbocycles. The lowest BCUT2D eigenvalue weighted by atomic mass is 10.1. The Bertz CT molecular complexity index is 171. The summed E-state index contributed by atoms with van der Waals surface area (Å²) >= 11 is 0. The van der Waals surface area contributed by atoms with Crippen molar-refractivity contribution in [2.75, 3.05) is 39.9 Å². The van der Waals surface area contributed by atoms with Gasteiger partial charge in [-0.15, -0.1) is 0 Å². The van der Waals surface area contributed by atoms with Crippen molar-refractivity contribution in [3.63, 3.8) is 0 Å². The monoisotopic (exact) mass is 212 g/mol. The molecule has 0 aliphatic heterocycles. The first-order chi connectivity index (χ1) is 7.43. The Morgan fingerprint density at radius 1 is 1.20 bits per heavy atom. The maximum Gasteiger partial charge on any atom is 0.0587 e. The van der Waals surface area contributed by atoms with Crippen molar-refractivity contribution in [2.24, 2.45) is 5.92 Å². The lowest BCUT2D eigenvalue weighted by Crippen LogP contribution is -2.30. The molecule has 0 saturated heterocycles. The minimum absolute atomic E-state index is 0.798. The van der Waals surface area contributed by atoms with Gasteiger partial charge in [-0.25, -0.2) is 0 Å². The summed E-state index contributed by atoms with van der Waals surface area (Å²) in [6, 6.07) is 0. The van der Waals surface area contributed by atoms with E-state index in [1.54, 1.807) is 7.11 Å². The Balaban J connectivity index is 1.75. The van der Waals surface area contributed by atoms with Crippen LogP contribution in [-0.2, 0) is 4.74 Å². The van der Waals surface area contributed by atoms with Gasteiger partial charge in [-0.05, 0) is 31.7 Å². The van der Waals surface area contributed by atoms with Crippen molar-refractivity contribution in [3.8, 4) is 0 Å². The quantitative estimate of drug-likeness (QED) is 0.444. The molecule has 1 rings (SSSR count). The zero-order valence-electron chi connectivity index (χ0n) is 9.80. The van der Waals surface area contributed by atoms with Gasteiger partial charge in [-0.3, -0.25) is 0 Å². The van der Waals surface area contributed by atoms with E-state index in [1.807, 2.05) is 0 Å². The average molecular weight is 212 g/mol. The van der Waals surface area contributed by atoms with Crippen LogP contribution in [0.2, 0.25) is 0 Å². The minimum Gasteiger partial charge on any atom is -0.383 e. The summed E-state index contributed by atoms with van der Waals surface area (Å²) < 4.78 is 4.95. The molecule has 1 unspecified atom stereocenters. The summed E-state index contributed by atoms with van der Waals surface area (Å²) in [6.07, 6.45) is 8.58. The molecular weight excluding hydrogens is 188 g/mol. The zero-order valence-corrected chi connectivity index (χ0v) is 9.80. The molecule has 0 fully saturated rings. The third-order valence-corrected chi connectivity index (χ3v) is 2.77. The van der Waals surface area contributed by atoms with Gasteiger partial charge in [-0.2, -0.15) is 0 Å². The van der Waals surface area contributed by atoms with Crippen LogP contribution >= 0.6 is 0 Å². The highest BCUT2D eigenvalue weighted by molar-refractivity contribution is 4.95. The summed E-state index contributed by atoms with van der Waals surface area (Å²) in [7, 11) is 1.73. The van der Waals surface area contributed by atoms with Crippen LogP contribution in [-0.4, -0.2) is 39.9 Å². The van der Waals surface area contributed by atoms with Crippen LogP contribution < -0.4 is 10.6 Å². The topological polar surface area (TPSA) is 33.3 Å². The van der Waals surface area contributed by atoms with Crippen molar-refractivity contribution in [3.05, 3.63) is 12.2 Å². The predicted molar refractivity (Wildman–Crippen MR) is 64.1 cm³/mol. The first-order valence-electron chi connectivity index (χ1n) is 6.00. The number of allylic oxidation sites excluding steroid dienone is 2. The van der Waals surface area contributed by atoms with Gasteiger partial charge in [0.2, 0.25) is 0 Å². The van der Waals surface area contributed by atoms with Gasteiger partial charge in [0, 0.05) is 26.7 Å². The average Bonchev–Trinajstić information content (AvgIpc) is 2.75. The molecular formula is C12H24N2O. The molecule has 0 radical (unpaired) electrons. The Labute approximate surface area is 93.3 Å². The van der Waals surface area contributed by atoms with E-state index >= 15 is 0 Å². The van der Waals surface area contributed by atoms with Gasteiger partial charge in [0.1, 0.15) is 0 Å². The van der Waals surface area contributed by atoms with Gasteiger partial charge in [0.05, 0.1) is 6.61 Å². The Morgan fingerprint density at radius 2 is 2.00 bits per heavy atom. The van der Waals surface area contributed by atoms with Crippen LogP contribution in [0.1, 0.15) is 19.3 Å². The summed E-state index contributed by atoms with van der Waals surface area (Å²) in [5.74, 6) is 0.832. The van der Waals surface area contributed by atoms with E-state index in [2.05, 4.69) is 22.8 Å². The first kappa shape index (κ1) is 12.7. The van der Waals surface area contributed by atoms with Crippen molar-refractivity contribution in [1.82, 2.24) is 10.6 Å². The van der Waals surface area contributed by atoms with Crippen LogP contribution in [0.3, 0.4) is 0 Å². The fraction of sp³-hybridized carbons (Fsp3) is 0.833. The van der Waals surface area contributed by atoms with E-state index in [9.17, 15) is 0 Å². The maximum absolute atomic E-state index is 4.95. The summed E-state index contributed by atoms with van der Waals surface area (Å²) in [5.41, 5.74) is 0. The molecule has 3 heteroatoms. The van der Waals surface area contributed by atoms with E-state index in [0.29, 0.717) is 0 Å². The van der Waals surface area contributed by atoms with Gasteiger partial charge in [-0.1, -0.05) is 12.2 Å². The third kappa shape index (κ3) is 6.66. The summed E-state index contributed by atoms with van der Waals surface area (Å²) in [6.45, 7) is 4.97. The van der Waals surface area contributed by atoms with Gasteiger partial charge in [0.15, 0.2) is 0 Å². The molecule has 2 N–H and O–H groups in total. The molecule has 0 aromatic heterocycles. The van der Waals surface area contributed by atoms with Crippen LogP contribution in [0.4, 0.5) is 0 Å². The van der Waals surface area contributed by atoms with E-state index < -0.39 is 0 Å². The van der Waals surface area contributed by atoms with E-state index in [0.717, 1.165) is 38.7 Å². The highest BCUT2D eigenvalue weighted by Gasteiger charge is 2.07. The van der Waals surface area contributed by atoms with Crippen LogP contribution in [0.5, 0.6) is 0 Å². The van der Waals surface area contributed by atoms with Crippen LogP contribution in [0.25, 0.3) is 0 Å². The second-order valence-electron chi connectivity index (χ2n) is 4.05. The smallest absolute Gasteiger partial charge is 0.0587 e. The van der Waals surface area contributed by atoms with E-state index in [1.165, 1.54) is 19.3 Å². The molecule has 1 aliphatic carbocycles. The van der Waals surface area contributed by atoms with Crippen molar-refractivity contribution < 1.29 is 4.74 Å². The highest BCUT2D eigenvalue weighted by Crippen LogP contribution is 2.19. The van der Waals surface area contributed by atoms with Crippen molar-refractivity contribution in [2.45, 2.75) is 19.3 Å². The molecule has 3 nitrogen and oxygen atoms in total. The van der Waals surface area contributed by atoms with Gasteiger partial charge >= 0.3 is 0 Å². The first-order valence-corrected chi connectivity index (χ1v) is 6.00. The maximum atomic E-state index is 4.95. The van der Waals surface area contributed by atoms with Gasteiger partial charge < -0.3 is 15.4 Å². The van der Waals surface area contributed by atoms with Crippen LogP contribution in [0.15, 0.2) is 12.2 Å². The summed E-state index contributed by atoms with van der Waals surface area (Å²) in [5, 5.41) is 6.77. The number of hydrogen-bond donors (Lipinski definition) is 2. The number of methoxy groups -OCH3 is 1. The second-order valence-corrected chi connectivity index (χ2v) is 4.05. The highest BCUT2D eigenvalue weighted by atomic mass is 16.5. The molecule has 1 aliphatic rings. The van der Waals surface area contributed by atoms with E-state index in [-0.39, 0.29) is 0 Å². The second kappa shape index (κ2) is 8.89. The minimum atomic E-state index is 0.798. The SMILES string of the molecule is COCCNCCNCCC1C=CCC1. The molecule has 15 heavy (non-hydrogen) atoms. The van der Waals surface area contributed by atoms with Crippen molar-refractivity contribution >= 4 is 0 Å². The number of nitrogens with one attached hydrogen (secondary N) is 2. The largest absolute Gasteiger partial charge is 0.383 e. The molecule has 0 saturated carbocycles. The Hall–Kier alpha value is -0.380. The number of rotatable bonds is 9. The molecule has 1 atom stereocenters. The van der Waals surface area contributed by atoms with Crippen molar-refractivity contribution in [1.29, 1.82) is 0 Å². The van der Waals surface area contributed by atoms with Crippen LogP contribution in [0, 0.1) is 5.92 Å². The number of ether oxygens (including phenoxy) is 1. The zero-order chi connectivity index (χ0) is 10.8. The lowest BCUT2D eigenvalue weighted by Gasteiger charge is -2.09. The number of hydrogen-bond acceptors (Lipinski definition) is 3. The molecule has 0 aromatic rings. The Morgan fingerprint density at radius 3 is 2.67 bits per heavy atom. The van der Waals surface area contributed by atoms with Gasteiger partial charge in [0.25, 0.3) is 0 Å². The lowest BCUT2D eigenvalue weighted by molar-refractivity contribution is 0.199. The summed E-state index contributed by atoms with van der Waals surface area (Å²) in [4.78, 5) is 0.